The van der Waals surface area contributed by atoms with Gasteiger partial charge in [-0.3, -0.25) is 19.5 Å². The van der Waals surface area contributed by atoms with E-state index in [-0.39, 0.29) is 23.6 Å². The molecule has 0 unspecified atom stereocenters. The second-order valence-electron chi connectivity index (χ2n) is 7.69. The molecule has 0 aliphatic rings. The number of nitrogens with one attached hydrogen (secondary N) is 1. The lowest BCUT2D eigenvalue weighted by atomic mass is 10.1. The number of halogens is 3. The summed E-state index contributed by atoms with van der Waals surface area (Å²) in [4.78, 5) is 23.4. The number of nitrogens with zero attached hydrogens (tertiary/aromatic N) is 4. The number of thioether (sulfide) groups is 1. The fraction of sp³-hybridized carbons (Fsp3) is 0.125. The van der Waals surface area contributed by atoms with E-state index >= 15 is 0 Å². The highest BCUT2D eigenvalue weighted by Gasteiger charge is 2.20. The number of rotatable bonds is 8. The fourth-order valence-corrected chi connectivity index (χ4v) is 4.63. The number of nitro benzene ring substituents is 1. The molecule has 3 aromatic carbocycles. The second-order valence-corrected chi connectivity index (χ2v) is 9.47. The van der Waals surface area contributed by atoms with Gasteiger partial charge in [0.1, 0.15) is 5.82 Å². The van der Waals surface area contributed by atoms with Crippen LogP contribution < -0.4 is 5.32 Å². The minimum Gasteiger partial charge on any atom is -0.345 e. The van der Waals surface area contributed by atoms with Crippen LogP contribution in [0.2, 0.25) is 10.0 Å². The zero-order valence-corrected chi connectivity index (χ0v) is 21.1. The SMILES string of the molecule is Cc1ccc(C(=O)NCc2nnc(SCc3ccc(F)cc3)n2-c2cc(Cl)ccc2Cl)cc1[N+](=O)[O-]. The molecule has 12 heteroatoms. The maximum atomic E-state index is 13.2. The Kier molecular flexibility index (Phi) is 7.88. The number of carbonyl (C=O) groups excluding carboxylic acids is 1. The van der Waals surface area contributed by atoms with Crippen LogP contribution in [0.4, 0.5) is 10.1 Å². The number of benzene rings is 3. The molecule has 0 aliphatic heterocycles. The van der Waals surface area contributed by atoms with Crippen LogP contribution in [-0.2, 0) is 12.3 Å². The predicted octanol–water partition coefficient (Wildman–Crippen LogP) is 6.15. The smallest absolute Gasteiger partial charge is 0.273 e. The van der Waals surface area contributed by atoms with E-state index < -0.39 is 10.8 Å². The van der Waals surface area contributed by atoms with Gasteiger partial charge in [0.15, 0.2) is 11.0 Å². The summed E-state index contributed by atoms with van der Waals surface area (Å²) in [5.74, 6) is 0.0198. The molecular formula is C24H18Cl2FN5O3S. The molecule has 0 bridgehead atoms. The first-order valence-corrected chi connectivity index (χ1v) is 12.3. The van der Waals surface area contributed by atoms with Gasteiger partial charge in [0.05, 0.1) is 22.2 Å². The zero-order valence-electron chi connectivity index (χ0n) is 18.7. The van der Waals surface area contributed by atoms with Gasteiger partial charge in [-0.15, -0.1) is 10.2 Å². The van der Waals surface area contributed by atoms with Crippen LogP contribution >= 0.6 is 35.0 Å². The maximum Gasteiger partial charge on any atom is 0.273 e. The van der Waals surface area contributed by atoms with Crippen LogP contribution in [-0.4, -0.2) is 25.6 Å². The van der Waals surface area contributed by atoms with Crippen molar-refractivity contribution >= 4 is 46.6 Å². The van der Waals surface area contributed by atoms with Gasteiger partial charge in [-0.2, -0.15) is 0 Å². The van der Waals surface area contributed by atoms with Gasteiger partial charge in [-0.05, 0) is 48.9 Å². The molecular weight excluding hydrogens is 528 g/mol. The van der Waals surface area contributed by atoms with Crippen molar-refractivity contribution in [3.05, 3.63) is 109 Å². The molecule has 0 atom stereocenters. The number of aryl methyl sites for hydroxylation is 1. The molecule has 0 aliphatic carbocycles. The van der Waals surface area contributed by atoms with Crippen LogP contribution in [0.3, 0.4) is 0 Å². The van der Waals surface area contributed by atoms with Gasteiger partial charge in [0, 0.05) is 28.0 Å². The van der Waals surface area contributed by atoms with Gasteiger partial charge < -0.3 is 5.32 Å². The Labute approximate surface area is 219 Å². The molecule has 0 fully saturated rings. The van der Waals surface area contributed by atoms with E-state index in [2.05, 4.69) is 15.5 Å². The van der Waals surface area contributed by atoms with Crippen molar-refractivity contribution in [1.29, 1.82) is 0 Å². The molecule has 8 nitrogen and oxygen atoms in total. The van der Waals surface area contributed by atoms with E-state index in [0.29, 0.717) is 38.0 Å². The second kappa shape index (κ2) is 11.1. The molecule has 0 saturated heterocycles. The average Bonchev–Trinajstić information content (AvgIpc) is 3.26. The molecule has 1 amide bonds. The summed E-state index contributed by atoms with van der Waals surface area (Å²) in [5.41, 5.74) is 1.85. The van der Waals surface area contributed by atoms with E-state index in [4.69, 9.17) is 23.2 Å². The van der Waals surface area contributed by atoms with Crippen LogP contribution in [0.1, 0.15) is 27.3 Å². The van der Waals surface area contributed by atoms with Crippen LogP contribution in [0.25, 0.3) is 5.69 Å². The Morgan fingerprint density at radius 3 is 2.58 bits per heavy atom. The summed E-state index contributed by atoms with van der Waals surface area (Å²) in [6.07, 6.45) is 0. The van der Waals surface area contributed by atoms with Crippen molar-refractivity contribution < 1.29 is 14.1 Å². The fourth-order valence-electron chi connectivity index (χ4n) is 3.34. The summed E-state index contributed by atoms with van der Waals surface area (Å²) in [7, 11) is 0. The van der Waals surface area contributed by atoms with E-state index in [9.17, 15) is 19.3 Å². The molecule has 4 rings (SSSR count). The van der Waals surface area contributed by atoms with Gasteiger partial charge in [-0.1, -0.05) is 53.2 Å². The number of hydrogen-bond acceptors (Lipinski definition) is 6. The highest BCUT2D eigenvalue weighted by molar-refractivity contribution is 7.98. The monoisotopic (exact) mass is 545 g/mol. The number of nitro groups is 1. The molecule has 0 radical (unpaired) electrons. The van der Waals surface area contributed by atoms with Crippen molar-refractivity contribution in [3.63, 3.8) is 0 Å². The minimum absolute atomic E-state index is 0.0343. The van der Waals surface area contributed by atoms with E-state index in [1.807, 2.05) is 0 Å². The Morgan fingerprint density at radius 2 is 1.86 bits per heavy atom. The highest BCUT2D eigenvalue weighted by atomic mass is 35.5. The van der Waals surface area contributed by atoms with Crippen molar-refractivity contribution in [2.24, 2.45) is 0 Å². The number of hydrogen-bond donors (Lipinski definition) is 1. The van der Waals surface area contributed by atoms with E-state index in [0.717, 1.165) is 5.56 Å². The summed E-state index contributed by atoms with van der Waals surface area (Å²) in [6.45, 7) is 1.57. The first-order chi connectivity index (χ1) is 17.2. The van der Waals surface area contributed by atoms with Crippen LogP contribution in [0, 0.1) is 22.9 Å². The largest absolute Gasteiger partial charge is 0.345 e. The summed E-state index contributed by atoms with van der Waals surface area (Å²) >= 11 is 14.0. The standard InChI is InChI=1S/C24H18Cl2FN5O3S/c1-14-2-5-16(10-20(14)32(34)35)23(33)28-12-22-29-30-24(36-13-15-3-7-18(27)8-4-15)31(22)21-11-17(25)6-9-19(21)26/h2-11H,12-13H2,1H3,(H,28,33). The zero-order chi connectivity index (χ0) is 25.8. The van der Waals surface area contributed by atoms with Crippen molar-refractivity contribution in [3.8, 4) is 5.69 Å². The van der Waals surface area contributed by atoms with Gasteiger partial charge in [0.25, 0.3) is 11.6 Å². The summed E-state index contributed by atoms with van der Waals surface area (Å²) < 4.78 is 14.9. The first kappa shape index (κ1) is 25.6. The third-order valence-corrected chi connectivity index (χ3v) is 6.76. The lowest BCUT2D eigenvalue weighted by Gasteiger charge is -2.13. The summed E-state index contributed by atoms with van der Waals surface area (Å²) in [6, 6.07) is 15.3. The number of aromatic nitrogens is 3. The van der Waals surface area contributed by atoms with Crippen LogP contribution in [0.5, 0.6) is 0 Å². The molecule has 1 N–H and O–H groups in total. The lowest BCUT2D eigenvalue weighted by Crippen LogP contribution is -2.25. The van der Waals surface area contributed by atoms with Crippen LogP contribution in [0.15, 0.2) is 65.8 Å². The third kappa shape index (κ3) is 5.84. The number of amides is 1. The lowest BCUT2D eigenvalue weighted by molar-refractivity contribution is -0.385. The van der Waals surface area contributed by atoms with Crippen molar-refractivity contribution in [1.82, 2.24) is 20.1 Å². The van der Waals surface area contributed by atoms with Gasteiger partial charge in [-0.25, -0.2) is 4.39 Å². The first-order valence-electron chi connectivity index (χ1n) is 10.5. The van der Waals surface area contributed by atoms with Crippen molar-refractivity contribution in [2.75, 3.05) is 0 Å². The molecule has 0 saturated carbocycles. The molecule has 0 spiro atoms. The van der Waals surface area contributed by atoms with Gasteiger partial charge >= 0.3 is 0 Å². The maximum absolute atomic E-state index is 13.2. The minimum atomic E-state index is -0.533. The average molecular weight is 546 g/mol. The topological polar surface area (TPSA) is 103 Å². The Morgan fingerprint density at radius 1 is 1.11 bits per heavy atom. The molecule has 1 aromatic heterocycles. The highest BCUT2D eigenvalue weighted by Crippen LogP contribution is 2.31. The molecule has 36 heavy (non-hydrogen) atoms. The number of carbonyl (C=O) groups is 1. The molecule has 4 aromatic rings. The Hall–Kier alpha value is -3.47. The van der Waals surface area contributed by atoms with E-state index in [1.54, 1.807) is 41.8 Å². The van der Waals surface area contributed by atoms with E-state index in [1.165, 1.54) is 42.1 Å². The Bertz CT molecular complexity index is 1450. The predicted molar refractivity (Wildman–Crippen MR) is 136 cm³/mol. The van der Waals surface area contributed by atoms with Gasteiger partial charge in [0.2, 0.25) is 0 Å². The Balaban J connectivity index is 1.61. The normalized spacial score (nSPS) is 10.9. The third-order valence-electron chi connectivity index (χ3n) is 5.21. The molecule has 1 heterocycles. The molecule has 184 valence electrons. The summed E-state index contributed by atoms with van der Waals surface area (Å²) in [5, 5.41) is 23.8. The van der Waals surface area contributed by atoms with Crippen molar-refractivity contribution in [2.45, 2.75) is 24.4 Å². The quantitative estimate of drug-likeness (QED) is 0.162.